The predicted molar refractivity (Wildman–Crippen MR) is 59.6 cm³/mol. The molecule has 0 radical (unpaired) electrons. The van der Waals surface area contributed by atoms with E-state index in [1.165, 1.54) is 6.20 Å². The Morgan fingerprint density at radius 3 is 3.18 bits per heavy atom. The SMILES string of the molecule is CC1NCCn2c(-c3ccncc3F)nnc21. The maximum atomic E-state index is 13.7. The van der Waals surface area contributed by atoms with Crippen molar-refractivity contribution in [1.29, 1.82) is 0 Å². The minimum atomic E-state index is -0.367. The number of halogens is 1. The average Bonchev–Trinajstić information content (AvgIpc) is 2.75. The van der Waals surface area contributed by atoms with E-state index in [4.69, 9.17) is 0 Å². The molecule has 0 aromatic carbocycles. The lowest BCUT2D eigenvalue weighted by molar-refractivity contribution is 0.438. The molecule has 1 N–H and O–H groups in total. The summed E-state index contributed by atoms with van der Waals surface area (Å²) >= 11 is 0. The van der Waals surface area contributed by atoms with Crippen molar-refractivity contribution >= 4 is 0 Å². The van der Waals surface area contributed by atoms with Crippen LogP contribution in [0.5, 0.6) is 0 Å². The van der Waals surface area contributed by atoms with Crippen molar-refractivity contribution in [1.82, 2.24) is 25.1 Å². The molecular formula is C11H12FN5. The molecule has 0 amide bonds. The Labute approximate surface area is 97.7 Å². The van der Waals surface area contributed by atoms with Gasteiger partial charge in [0.25, 0.3) is 0 Å². The Hall–Kier alpha value is -1.82. The molecule has 0 saturated heterocycles. The Balaban J connectivity index is 2.14. The highest BCUT2D eigenvalue weighted by molar-refractivity contribution is 5.55. The summed E-state index contributed by atoms with van der Waals surface area (Å²) in [7, 11) is 0. The van der Waals surface area contributed by atoms with Crippen LogP contribution in [-0.4, -0.2) is 26.3 Å². The summed E-state index contributed by atoms with van der Waals surface area (Å²) in [6, 6.07) is 1.77. The minimum Gasteiger partial charge on any atom is -0.308 e. The molecule has 2 aromatic heterocycles. The van der Waals surface area contributed by atoms with Gasteiger partial charge in [0.2, 0.25) is 0 Å². The smallest absolute Gasteiger partial charge is 0.167 e. The zero-order chi connectivity index (χ0) is 11.8. The largest absolute Gasteiger partial charge is 0.308 e. The number of aromatic nitrogens is 4. The minimum absolute atomic E-state index is 0.148. The van der Waals surface area contributed by atoms with E-state index in [-0.39, 0.29) is 11.9 Å². The van der Waals surface area contributed by atoms with Gasteiger partial charge in [-0.2, -0.15) is 0 Å². The van der Waals surface area contributed by atoms with Gasteiger partial charge in [0.05, 0.1) is 17.8 Å². The molecule has 17 heavy (non-hydrogen) atoms. The van der Waals surface area contributed by atoms with E-state index in [9.17, 15) is 4.39 Å². The van der Waals surface area contributed by atoms with Gasteiger partial charge in [0, 0.05) is 19.3 Å². The van der Waals surface area contributed by atoms with Crippen LogP contribution in [0.15, 0.2) is 18.5 Å². The number of pyridine rings is 1. The molecule has 6 heteroatoms. The Kier molecular flexibility index (Phi) is 2.36. The van der Waals surface area contributed by atoms with E-state index < -0.39 is 0 Å². The van der Waals surface area contributed by atoms with Crippen molar-refractivity contribution in [2.24, 2.45) is 0 Å². The maximum absolute atomic E-state index is 13.7. The summed E-state index contributed by atoms with van der Waals surface area (Å²) in [5.41, 5.74) is 0.452. The predicted octanol–water partition coefficient (Wildman–Crippen LogP) is 1.14. The molecule has 0 aliphatic carbocycles. The molecule has 3 heterocycles. The molecule has 1 atom stereocenters. The first kappa shape index (κ1) is 10.3. The van der Waals surface area contributed by atoms with E-state index >= 15 is 0 Å². The van der Waals surface area contributed by atoms with Gasteiger partial charge >= 0.3 is 0 Å². The molecule has 1 aliphatic heterocycles. The highest BCUT2D eigenvalue weighted by atomic mass is 19.1. The zero-order valence-electron chi connectivity index (χ0n) is 9.39. The van der Waals surface area contributed by atoms with Gasteiger partial charge < -0.3 is 9.88 Å². The fourth-order valence-corrected chi connectivity index (χ4v) is 2.10. The number of fused-ring (bicyclic) bond motifs is 1. The Morgan fingerprint density at radius 2 is 2.35 bits per heavy atom. The van der Waals surface area contributed by atoms with Crippen molar-refractivity contribution in [3.05, 3.63) is 30.1 Å². The van der Waals surface area contributed by atoms with Crippen LogP contribution in [0.3, 0.4) is 0 Å². The first-order valence-corrected chi connectivity index (χ1v) is 5.53. The van der Waals surface area contributed by atoms with Crippen LogP contribution in [0.2, 0.25) is 0 Å². The van der Waals surface area contributed by atoms with Crippen molar-refractivity contribution < 1.29 is 4.39 Å². The van der Waals surface area contributed by atoms with Gasteiger partial charge in [-0.05, 0) is 13.0 Å². The zero-order valence-corrected chi connectivity index (χ0v) is 9.39. The topological polar surface area (TPSA) is 55.6 Å². The molecule has 0 fully saturated rings. The van der Waals surface area contributed by atoms with Crippen LogP contribution in [0.25, 0.3) is 11.4 Å². The fraction of sp³-hybridized carbons (Fsp3) is 0.364. The Morgan fingerprint density at radius 1 is 1.47 bits per heavy atom. The van der Waals surface area contributed by atoms with E-state index in [0.717, 1.165) is 18.9 Å². The van der Waals surface area contributed by atoms with Crippen molar-refractivity contribution in [2.75, 3.05) is 6.54 Å². The summed E-state index contributed by atoms with van der Waals surface area (Å²) in [4.78, 5) is 3.74. The third kappa shape index (κ3) is 1.61. The Bertz CT molecular complexity index is 551. The van der Waals surface area contributed by atoms with Gasteiger partial charge in [0.15, 0.2) is 11.6 Å². The highest BCUT2D eigenvalue weighted by Crippen LogP contribution is 2.24. The summed E-state index contributed by atoms with van der Waals surface area (Å²) < 4.78 is 15.6. The van der Waals surface area contributed by atoms with Gasteiger partial charge in [0.1, 0.15) is 5.82 Å². The summed E-state index contributed by atoms with van der Waals surface area (Å²) in [5.74, 6) is 1.06. The molecule has 88 valence electrons. The number of rotatable bonds is 1. The number of nitrogens with zero attached hydrogens (tertiary/aromatic N) is 4. The highest BCUT2D eigenvalue weighted by Gasteiger charge is 2.23. The van der Waals surface area contributed by atoms with Crippen molar-refractivity contribution in [2.45, 2.75) is 19.5 Å². The van der Waals surface area contributed by atoms with Crippen LogP contribution >= 0.6 is 0 Å². The van der Waals surface area contributed by atoms with Crippen LogP contribution in [0, 0.1) is 5.82 Å². The van der Waals surface area contributed by atoms with Crippen LogP contribution in [0.4, 0.5) is 4.39 Å². The monoisotopic (exact) mass is 233 g/mol. The second-order valence-corrected chi connectivity index (χ2v) is 4.06. The summed E-state index contributed by atoms with van der Waals surface area (Å²) in [5, 5.41) is 11.5. The fourth-order valence-electron chi connectivity index (χ4n) is 2.10. The first-order chi connectivity index (χ1) is 8.27. The second-order valence-electron chi connectivity index (χ2n) is 4.06. The van der Waals surface area contributed by atoms with E-state index in [1.807, 2.05) is 11.5 Å². The quantitative estimate of drug-likeness (QED) is 0.802. The number of hydrogen-bond acceptors (Lipinski definition) is 4. The molecule has 3 rings (SSSR count). The third-order valence-corrected chi connectivity index (χ3v) is 2.97. The van der Waals surface area contributed by atoms with Gasteiger partial charge in [-0.25, -0.2) is 4.39 Å². The standard InChI is InChI=1S/C11H12FN5/c1-7-10-15-16-11(17(10)5-4-14-7)8-2-3-13-6-9(8)12/h2-3,6-7,14H,4-5H2,1H3. The van der Waals surface area contributed by atoms with E-state index in [0.29, 0.717) is 11.4 Å². The molecule has 5 nitrogen and oxygen atoms in total. The maximum Gasteiger partial charge on any atom is 0.167 e. The lowest BCUT2D eigenvalue weighted by Crippen LogP contribution is -2.32. The molecule has 2 aromatic rings. The van der Waals surface area contributed by atoms with E-state index in [1.54, 1.807) is 12.3 Å². The van der Waals surface area contributed by atoms with Crippen LogP contribution in [-0.2, 0) is 6.54 Å². The molecule has 0 saturated carbocycles. The number of nitrogens with one attached hydrogen (secondary N) is 1. The van der Waals surface area contributed by atoms with Gasteiger partial charge in [-0.15, -0.1) is 10.2 Å². The lowest BCUT2D eigenvalue weighted by atomic mass is 10.2. The number of hydrogen-bond donors (Lipinski definition) is 1. The molecule has 0 bridgehead atoms. The van der Waals surface area contributed by atoms with Crippen LogP contribution < -0.4 is 5.32 Å². The third-order valence-electron chi connectivity index (χ3n) is 2.97. The lowest BCUT2D eigenvalue weighted by Gasteiger charge is -2.21. The first-order valence-electron chi connectivity index (χ1n) is 5.53. The molecule has 1 unspecified atom stereocenters. The van der Waals surface area contributed by atoms with Crippen LogP contribution in [0.1, 0.15) is 18.8 Å². The van der Waals surface area contributed by atoms with Crippen molar-refractivity contribution in [3.63, 3.8) is 0 Å². The van der Waals surface area contributed by atoms with Crippen molar-refractivity contribution in [3.8, 4) is 11.4 Å². The van der Waals surface area contributed by atoms with Gasteiger partial charge in [-0.3, -0.25) is 4.98 Å². The molecule has 1 aliphatic rings. The van der Waals surface area contributed by atoms with E-state index in [2.05, 4.69) is 20.5 Å². The average molecular weight is 233 g/mol. The summed E-state index contributed by atoms with van der Waals surface area (Å²) in [6.07, 6.45) is 2.76. The molecule has 0 spiro atoms. The normalized spacial score (nSPS) is 19.1. The van der Waals surface area contributed by atoms with Gasteiger partial charge in [-0.1, -0.05) is 0 Å². The summed E-state index contributed by atoms with van der Waals surface area (Å²) in [6.45, 7) is 3.61. The molecular weight excluding hydrogens is 221 g/mol. The second kappa shape index (κ2) is 3.89.